The first-order valence-corrected chi connectivity index (χ1v) is 6.58. The van der Waals surface area contributed by atoms with E-state index in [9.17, 15) is 8.42 Å². The summed E-state index contributed by atoms with van der Waals surface area (Å²) in [7, 11) is -1.88. The monoisotopic (exact) mass is 242 g/mol. The van der Waals surface area contributed by atoms with Crippen LogP contribution in [0.1, 0.15) is 26.3 Å². The molecule has 4 heteroatoms. The molecular formula is C12H18O3S. The Morgan fingerprint density at radius 3 is 2.19 bits per heavy atom. The van der Waals surface area contributed by atoms with Crippen LogP contribution in [0.3, 0.4) is 0 Å². The molecule has 0 radical (unpaired) electrons. The smallest absolute Gasteiger partial charge is 0.186 e. The predicted molar refractivity (Wildman–Crippen MR) is 64.7 cm³/mol. The molecule has 0 aromatic heterocycles. The summed E-state index contributed by atoms with van der Waals surface area (Å²) in [6.07, 6.45) is 0. The molecule has 0 heterocycles. The molecule has 1 rings (SSSR count). The van der Waals surface area contributed by atoms with Gasteiger partial charge in [0.05, 0.1) is 11.9 Å². The van der Waals surface area contributed by atoms with E-state index in [1.165, 1.54) is 7.11 Å². The van der Waals surface area contributed by atoms with Crippen LogP contribution in [0, 0.1) is 6.92 Å². The van der Waals surface area contributed by atoms with Crippen LogP contribution in [0.4, 0.5) is 0 Å². The third kappa shape index (κ3) is 2.21. The van der Waals surface area contributed by atoms with Gasteiger partial charge in [0.25, 0.3) is 0 Å². The summed E-state index contributed by atoms with van der Waals surface area (Å²) < 4.78 is 28.8. The number of benzene rings is 1. The first-order valence-electron chi connectivity index (χ1n) is 5.09. The van der Waals surface area contributed by atoms with E-state index in [2.05, 4.69) is 0 Å². The van der Waals surface area contributed by atoms with Crippen LogP contribution >= 0.6 is 0 Å². The highest BCUT2D eigenvalue weighted by molar-refractivity contribution is 7.92. The second kappa shape index (κ2) is 4.09. The van der Waals surface area contributed by atoms with Crippen molar-refractivity contribution in [2.24, 2.45) is 0 Å². The van der Waals surface area contributed by atoms with E-state index < -0.39 is 14.6 Å². The lowest BCUT2D eigenvalue weighted by Crippen LogP contribution is -2.28. The summed E-state index contributed by atoms with van der Waals surface area (Å²) in [5.41, 5.74) is 0.977. The van der Waals surface area contributed by atoms with Crippen molar-refractivity contribution in [1.29, 1.82) is 0 Å². The molecule has 0 unspecified atom stereocenters. The molecule has 1 aromatic rings. The molecule has 0 aliphatic rings. The third-order valence-corrected chi connectivity index (χ3v) is 4.94. The lowest BCUT2D eigenvalue weighted by Gasteiger charge is -2.21. The Morgan fingerprint density at radius 1 is 1.19 bits per heavy atom. The SMILES string of the molecule is COc1cc(C)ccc1S(=O)(=O)C(C)(C)C. The highest BCUT2D eigenvalue weighted by Gasteiger charge is 2.33. The number of hydrogen-bond donors (Lipinski definition) is 0. The number of aryl methyl sites for hydroxylation is 1. The highest BCUT2D eigenvalue weighted by atomic mass is 32.2. The minimum absolute atomic E-state index is 0.258. The maximum atomic E-state index is 12.3. The fourth-order valence-corrected chi connectivity index (χ4v) is 2.64. The topological polar surface area (TPSA) is 43.4 Å². The molecule has 0 atom stereocenters. The average molecular weight is 242 g/mol. The Kier molecular flexibility index (Phi) is 3.33. The molecule has 90 valence electrons. The minimum atomic E-state index is -3.36. The largest absolute Gasteiger partial charge is 0.495 e. The van der Waals surface area contributed by atoms with Gasteiger partial charge in [-0.3, -0.25) is 0 Å². The van der Waals surface area contributed by atoms with E-state index in [1.54, 1.807) is 39.0 Å². The molecule has 0 bridgehead atoms. The van der Waals surface area contributed by atoms with E-state index in [1.807, 2.05) is 6.92 Å². The second-order valence-electron chi connectivity index (χ2n) is 4.77. The molecule has 0 saturated carbocycles. The molecule has 0 spiro atoms. The summed E-state index contributed by atoms with van der Waals surface area (Å²) in [5, 5.41) is 0. The summed E-state index contributed by atoms with van der Waals surface area (Å²) in [4.78, 5) is 0.258. The van der Waals surface area contributed by atoms with Gasteiger partial charge in [0.1, 0.15) is 10.6 Å². The lowest BCUT2D eigenvalue weighted by molar-refractivity contribution is 0.401. The fraction of sp³-hybridized carbons (Fsp3) is 0.500. The van der Waals surface area contributed by atoms with Crippen molar-refractivity contribution < 1.29 is 13.2 Å². The quantitative estimate of drug-likeness (QED) is 0.800. The minimum Gasteiger partial charge on any atom is -0.495 e. The molecule has 0 fully saturated rings. The molecule has 1 aromatic carbocycles. The highest BCUT2D eigenvalue weighted by Crippen LogP contribution is 2.32. The molecule has 0 amide bonds. The maximum absolute atomic E-state index is 12.3. The zero-order valence-electron chi connectivity index (χ0n) is 10.4. The van der Waals surface area contributed by atoms with Crippen molar-refractivity contribution in [1.82, 2.24) is 0 Å². The number of hydrogen-bond acceptors (Lipinski definition) is 3. The van der Waals surface area contributed by atoms with Crippen molar-refractivity contribution in [3.63, 3.8) is 0 Å². The molecule has 16 heavy (non-hydrogen) atoms. The number of sulfone groups is 1. The molecular weight excluding hydrogens is 224 g/mol. The lowest BCUT2D eigenvalue weighted by atomic mass is 10.2. The van der Waals surface area contributed by atoms with Crippen molar-refractivity contribution in [3.05, 3.63) is 23.8 Å². The summed E-state index contributed by atoms with van der Waals surface area (Å²) in [6, 6.07) is 5.12. The Bertz CT molecular complexity index is 481. The van der Waals surface area contributed by atoms with Crippen LogP contribution in [-0.4, -0.2) is 20.3 Å². The van der Waals surface area contributed by atoms with Gasteiger partial charge in [0.2, 0.25) is 0 Å². The Morgan fingerprint density at radius 2 is 1.75 bits per heavy atom. The van der Waals surface area contributed by atoms with E-state index in [-0.39, 0.29) is 4.90 Å². The van der Waals surface area contributed by atoms with Crippen LogP contribution in [0.5, 0.6) is 5.75 Å². The summed E-state index contributed by atoms with van der Waals surface area (Å²) in [6.45, 7) is 6.95. The van der Waals surface area contributed by atoms with Crippen molar-refractivity contribution in [2.75, 3.05) is 7.11 Å². The molecule has 0 aliphatic carbocycles. The van der Waals surface area contributed by atoms with Crippen LogP contribution in [-0.2, 0) is 9.84 Å². The Hall–Kier alpha value is -1.03. The van der Waals surface area contributed by atoms with Gasteiger partial charge in [-0.05, 0) is 45.4 Å². The molecule has 0 saturated heterocycles. The molecule has 3 nitrogen and oxygen atoms in total. The second-order valence-corrected chi connectivity index (χ2v) is 7.44. The van der Waals surface area contributed by atoms with E-state index in [0.29, 0.717) is 5.75 Å². The van der Waals surface area contributed by atoms with Crippen LogP contribution in [0.2, 0.25) is 0 Å². The fourth-order valence-electron chi connectivity index (χ4n) is 1.33. The Balaban J connectivity index is 3.46. The Labute approximate surface area is 97.4 Å². The summed E-state index contributed by atoms with van der Waals surface area (Å²) in [5.74, 6) is 0.412. The molecule has 0 N–H and O–H groups in total. The zero-order chi connectivity index (χ0) is 12.6. The average Bonchev–Trinajstić information content (AvgIpc) is 2.15. The van der Waals surface area contributed by atoms with Gasteiger partial charge >= 0.3 is 0 Å². The van der Waals surface area contributed by atoms with Gasteiger partial charge in [0, 0.05) is 0 Å². The van der Waals surface area contributed by atoms with E-state index in [4.69, 9.17) is 4.74 Å². The third-order valence-electron chi connectivity index (χ3n) is 2.41. The first kappa shape index (κ1) is 13.0. The molecule has 0 aliphatic heterocycles. The van der Waals surface area contributed by atoms with Crippen LogP contribution in [0.15, 0.2) is 23.1 Å². The summed E-state index contributed by atoms with van der Waals surface area (Å²) >= 11 is 0. The van der Waals surface area contributed by atoms with Crippen LogP contribution < -0.4 is 4.74 Å². The number of ether oxygens (including phenoxy) is 1. The zero-order valence-corrected chi connectivity index (χ0v) is 11.2. The number of methoxy groups -OCH3 is 1. The van der Waals surface area contributed by atoms with Gasteiger partial charge in [-0.2, -0.15) is 0 Å². The van der Waals surface area contributed by atoms with Crippen LogP contribution in [0.25, 0.3) is 0 Å². The normalized spacial score (nSPS) is 12.6. The van der Waals surface area contributed by atoms with Crippen molar-refractivity contribution in [2.45, 2.75) is 37.3 Å². The van der Waals surface area contributed by atoms with Gasteiger partial charge in [-0.1, -0.05) is 6.07 Å². The van der Waals surface area contributed by atoms with Crippen molar-refractivity contribution in [3.8, 4) is 5.75 Å². The standard InChI is InChI=1S/C12H18O3S/c1-9-6-7-11(10(8-9)15-5)16(13,14)12(2,3)4/h6-8H,1-5H3. The van der Waals surface area contributed by atoms with Crippen molar-refractivity contribution >= 4 is 9.84 Å². The van der Waals surface area contributed by atoms with E-state index >= 15 is 0 Å². The van der Waals surface area contributed by atoms with Gasteiger partial charge < -0.3 is 4.74 Å². The van der Waals surface area contributed by atoms with Gasteiger partial charge in [-0.15, -0.1) is 0 Å². The number of rotatable bonds is 2. The van der Waals surface area contributed by atoms with E-state index in [0.717, 1.165) is 5.56 Å². The van der Waals surface area contributed by atoms with Gasteiger partial charge in [0.15, 0.2) is 9.84 Å². The first-order chi connectivity index (χ1) is 7.20. The predicted octanol–water partition coefficient (Wildman–Crippen LogP) is 2.58. The maximum Gasteiger partial charge on any atom is 0.186 e. The van der Waals surface area contributed by atoms with Gasteiger partial charge in [-0.25, -0.2) is 8.42 Å².